The molecule has 1 rings (SSSR count). The number of carboxylic acids is 1. The van der Waals surface area contributed by atoms with Gasteiger partial charge in [0.05, 0.1) is 0 Å². The lowest BCUT2D eigenvalue weighted by molar-refractivity contribution is -0.137. The van der Waals surface area contributed by atoms with Gasteiger partial charge in [-0.2, -0.15) is 0 Å². The number of aliphatic carboxylic acids is 1. The molecule has 0 bridgehead atoms. The van der Waals surface area contributed by atoms with Crippen molar-refractivity contribution in [1.29, 1.82) is 0 Å². The first-order valence-electron chi connectivity index (χ1n) is 6.80. The molecule has 1 heterocycles. The number of carboxylic acid groups (broad SMARTS) is 1. The SMILES string of the molecule is CC(CCC(=O)O)NC(=O)N1CC(C)N(C)C(C)C1. The third-order valence-corrected chi connectivity index (χ3v) is 3.81. The van der Waals surface area contributed by atoms with Gasteiger partial charge in [0.25, 0.3) is 0 Å². The summed E-state index contributed by atoms with van der Waals surface area (Å²) in [6.45, 7) is 7.45. The van der Waals surface area contributed by atoms with E-state index >= 15 is 0 Å². The van der Waals surface area contributed by atoms with Crippen molar-refractivity contribution in [3.63, 3.8) is 0 Å². The monoisotopic (exact) mass is 271 g/mol. The van der Waals surface area contributed by atoms with Crippen LogP contribution in [0.3, 0.4) is 0 Å². The Kier molecular flexibility index (Phi) is 5.60. The van der Waals surface area contributed by atoms with Gasteiger partial charge in [0.1, 0.15) is 0 Å². The summed E-state index contributed by atoms with van der Waals surface area (Å²) in [6.07, 6.45) is 0.539. The summed E-state index contributed by atoms with van der Waals surface area (Å²) in [5.74, 6) is -0.831. The van der Waals surface area contributed by atoms with Crippen molar-refractivity contribution in [1.82, 2.24) is 15.1 Å². The molecule has 0 saturated carbocycles. The van der Waals surface area contributed by atoms with E-state index in [4.69, 9.17) is 5.11 Å². The van der Waals surface area contributed by atoms with Gasteiger partial charge in [-0.05, 0) is 34.2 Å². The molecule has 0 spiro atoms. The molecule has 3 unspecified atom stereocenters. The maximum Gasteiger partial charge on any atom is 0.317 e. The zero-order valence-corrected chi connectivity index (χ0v) is 12.2. The molecule has 19 heavy (non-hydrogen) atoms. The number of carbonyl (C=O) groups is 2. The molecule has 2 N–H and O–H groups in total. The zero-order chi connectivity index (χ0) is 14.6. The van der Waals surface area contributed by atoms with Crippen LogP contribution in [-0.2, 0) is 4.79 Å². The summed E-state index contributed by atoms with van der Waals surface area (Å²) in [4.78, 5) is 26.7. The smallest absolute Gasteiger partial charge is 0.317 e. The van der Waals surface area contributed by atoms with Crippen molar-refractivity contribution in [3.05, 3.63) is 0 Å². The van der Waals surface area contributed by atoms with Gasteiger partial charge in [0.2, 0.25) is 0 Å². The van der Waals surface area contributed by atoms with Gasteiger partial charge in [-0.3, -0.25) is 9.69 Å². The molecular formula is C13H25N3O3. The van der Waals surface area contributed by atoms with Crippen LogP contribution in [0, 0.1) is 0 Å². The molecule has 0 aromatic heterocycles. The molecular weight excluding hydrogens is 246 g/mol. The number of carbonyl (C=O) groups excluding carboxylic acids is 1. The van der Waals surface area contributed by atoms with Gasteiger partial charge in [-0.1, -0.05) is 0 Å². The molecule has 0 radical (unpaired) electrons. The third kappa shape index (κ3) is 4.70. The molecule has 1 aliphatic rings. The Balaban J connectivity index is 2.43. The average Bonchev–Trinajstić information content (AvgIpc) is 2.32. The van der Waals surface area contributed by atoms with Crippen LogP contribution in [0.1, 0.15) is 33.6 Å². The molecule has 6 nitrogen and oxygen atoms in total. The Bertz CT molecular complexity index is 323. The number of piperazine rings is 1. The highest BCUT2D eigenvalue weighted by molar-refractivity contribution is 5.75. The summed E-state index contributed by atoms with van der Waals surface area (Å²) in [5.41, 5.74) is 0. The second-order valence-corrected chi connectivity index (χ2v) is 5.55. The summed E-state index contributed by atoms with van der Waals surface area (Å²) in [6, 6.07) is 0.464. The highest BCUT2D eigenvalue weighted by atomic mass is 16.4. The van der Waals surface area contributed by atoms with Crippen LogP contribution in [-0.4, -0.2) is 65.2 Å². The van der Waals surface area contributed by atoms with Gasteiger partial charge in [-0.25, -0.2) is 4.79 Å². The molecule has 1 aliphatic heterocycles. The number of nitrogens with one attached hydrogen (secondary N) is 1. The second kappa shape index (κ2) is 6.75. The molecule has 3 atom stereocenters. The molecule has 110 valence electrons. The average molecular weight is 271 g/mol. The molecule has 6 heteroatoms. The Morgan fingerprint density at radius 3 is 2.32 bits per heavy atom. The highest BCUT2D eigenvalue weighted by Gasteiger charge is 2.29. The number of rotatable bonds is 4. The lowest BCUT2D eigenvalue weighted by atomic mass is 10.1. The molecule has 0 aromatic carbocycles. The minimum atomic E-state index is -0.831. The van der Waals surface area contributed by atoms with E-state index in [9.17, 15) is 9.59 Å². The van der Waals surface area contributed by atoms with Crippen molar-refractivity contribution in [3.8, 4) is 0 Å². The van der Waals surface area contributed by atoms with Crippen LogP contribution >= 0.6 is 0 Å². The Labute approximate surface area is 114 Å². The van der Waals surface area contributed by atoms with E-state index in [1.165, 1.54) is 0 Å². The van der Waals surface area contributed by atoms with E-state index < -0.39 is 5.97 Å². The van der Waals surface area contributed by atoms with E-state index in [-0.39, 0.29) is 18.5 Å². The first-order valence-corrected chi connectivity index (χ1v) is 6.80. The van der Waals surface area contributed by atoms with Crippen molar-refractivity contribution in [2.75, 3.05) is 20.1 Å². The van der Waals surface area contributed by atoms with Crippen LogP contribution in [0.5, 0.6) is 0 Å². The third-order valence-electron chi connectivity index (χ3n) is 3.81. The molecule has 0 aliphatic carbocycles. The van der Waals surface area contributed by atoms with Crippen molar-refractivity contribution in [2.24, 2.45) is 0 Å². The number of likely N-dealkylation sites (N-methyl/N-ethyl adjacent to an activating group) is 1. The lowest BCUT2D eigenvalue weighted by Gasteiger charge is -2.42. The summed E-state index contributed by atoms with van der Waals surface area (Å²) >= 11 is 0. The van der Waals surface area contributed by atoms with Gasteiger partial charge in [0.15, 0.2) is 0 Å². The number of hydrogen-bond donors (Lipinski definition) is 2. The fraction of sp³-hybridized carbons (Fsp3) is 0.846. The maximum absolute atomic E-state index is 12.1. The minimum Gasteiger partial charge on any atom is -0.481 e. The van der Waals surface area contributed by atoms with E-state index in [2.05, 4.69) is 31.1 Å². The van der Waals surface area contributed by atoms with Crippen LogP contribution in [0.2, 0.25) is 0 Å². The van der Waals surface area contributed by atoms with Crippen LogP contribution in [0.15, 0.2) is 0 Å². The molecule has 1 saturated heterocycles. The molecule has 0 aromatic rings. The first-order chi connectivity index (χ1) is 8.81. The van der Waals surface area contributed by atoms with E-state index in [1.54, 1.807) is 0 Å². The van der Waals surface area contributed by atoms with Crippen molar-refractivity contribution in [2.45, 2.75) is 51.7 Å². The van der Waals surface area contributed by atoms with Gasteiger partial charge < -0.3 is 15.3 Å². The quantitative estimate of drug-likeness (QED) is 0.799. The number of hydrogen-bond acceptors (Lipinski definition) is 3. The zero-order valence-electron chi connectivity index (χ0n) is 12.2. The van der Waals surface area contributed by atoms with Crippen LogP contribution < -0.4 is 5.32 Å². The number of amides is 2. The lowest BCUT2D eigenvalue weighted by Crippen LogP contribution is -2.59. The molecule has 2 amide bonds. The first kappa shape index (κ1) is 15.8. The number of urea groups is 1. The summed E-state index contributed by atoms with van der Waals surface area (Å²) < 4.78 is 0. The van der Waals surface area contributed by atoms with E-state index in [0.717, 1.165) is 0 Å². The fourth-order valence-electron chi connectivity index (χ4n) is 2.28. The second-order valence-electron chi connectivity index (χ2n) is 5.55. The van der Waals surface area contributed by atoms with Crippen molar-refractivity contribution >= 4 is 12.0 Å². The maximum atomic E-state index is 12.1. The highest BCUT2D eigenvalue weighted by Crippen LogP contribution is 2.13. The van der Waals surface area contributed by atoms with Gasteiger partial charge >= 0.3 is 12.0 Å². The number of nitrogens with zero attached hydrogens (tertiary/aromatic N) is 2. The van der Waals surface area contributed by atoms with E-state index in [0.29, 0.717) is 31.6 Å². The Morgan fingerprint density at radius 2 is 1.84 bits per heavy atom. The molecule has 1 fully saturated rings. The normalized spacial score (nSPS) is 26.0. The van der Waals surface area contributed by atoms with Gasteiger partial charge in [-0.15, -0.1) is 0 Å². The summed E-state index contributed by atoms with van der Waals surface area (Å²) in [5, 5.41) is 11.5. The predicted molar refractivity (Wildman–Crippen MR) is 73.1 cm³/mol. The summed E-state index contributed by atoms with van der Waals surface area (Å²) in [7, 11) is 2.07. The standard InChI is InChI=1S/C13H25N3O3/c1-9(5-6-12(17)18)14-13(19)16-7-10(2)15(4)11(3)8-16/h9-11H,5-8H2,1-4H3,(H,14,19)(H,17,18). The topological polar surface area (TPSA) is 72.9 Å². The predicted octanol–water partition coefficient (Wildman–Crippen LogP) is 0.974. The van der Waals surface area contributed by atoms with E-state index in [1.807, 2.05) is 11.8 Å². The fourth-order valence-corrected chi connectivity index (χ4v) is 2.28. The van der Waals surface area contributed by atoms with Gasteiger partial charge in [0, 0.05) is 37.6 Å². The Hall–Kier alpha value is -1.30. The van der Waals surface area contributed by atoms with Crippen LogP contribution in [0.4, 0.5) is 4.79 Å². The largest absolute Gasteiger partial charge is 0.481 e. The minimum absolute atomic E-state index is 0.0803. The van der Waals surface area contributed by atoms with Crippen LogP contribution in [0.25, 0.3) is 0 Å². The Morgan fingerprint density at radius 1 is 1.32 bits per heavy atom. The van der Waals surface area contributed by atoms with Crippen molar-refractivity contribution < 1.29 is 14.7 Å².